The smallest absolute Gasteiger partial charge is 0.366 e. The highest BCUT2D eigenvalue weighted by Gasteiger charge is 2.38. The molecule has 0 aliphatic heterocycles. The lowest BCUT2D eigenvalue weighted by molar-refractivity contribution is -0.135. The van der Waals surface area contributed by atoms with Crippen molar-refractivity contribution in [2.24, 2.45) is 0 Å². The normalized spacial score (nSPS) is 13.4. The van der Waals surface area contributed by atoms with Crippen molar-refractivity contribution in [1.82, 2.24) is 5.16 Å². The molecule has 1 amide bonds. The van der Waals surface area contributed by atoms with Gasteiger partial charge >= 0.3 is 5.63 Å². The lowest BCUT2D eigenvalue weighted by atomic mass is 9.82. The molecule has 0 aliphatic carbocycles. The summed E-state index contributed by atoms with van der Waals surface area (Å²) in [6, 6.07) is 20.2. The van der Waals surface area contributed by atoms with Crippen LogP contribution in [0, 0.1) is 13.8 Å². The molecule has 1 atom stereocenters. The third kappa shape index (κ3) is 5.03. The quantitative estimate of drug-likeness (QED) is 0.420. The molecule has 180 valence electrons. The number of carbonyl (C=O) groups excluding carboxylic acids is 1. The van der Waals surface area contributed by atoms with E-state index in [-0.39, 0.29) is 11.8 Å². The van der Waals surface area contributed by atoms with Crippen molar-refractivity contribution in [1.29, 1.82) is 0 Å². The molecular weight excluding hydrogens is 440 g/mol. The van der Waals surface area contributed by atoms with Crippen LogP contribution in [-0.2, 0) is 22.2 Å². The predicted octanol–water partition coefficient (Wildman–Crippen LogP) is 5.17. The van der Waals surface area contributed by atoms with E-state index in [1.165, 1.54) is 0 Å². The molecule has 0 saturated carbocycles. The maximum Gasteiger partial charge on any atom is 0.366 e. The lowest BCUT2D eigenvalue weighted by Crippen LogP contribution is -2.42. The van der Waals surface area contributed by atoms with E-state index < -0.39 is 17.1 Å². The third-order valence-corrected chi connectivity index (χ3v) is 6.34. The molecule has 0 fully saturated rings. The molecule has 2 N–H and O–H groups in total. The van der Waals surface area contributed by atoms with Crippen LogP contribution >= 0.6 is 0 Å². The molecule has 1 aromatic heterocycles. The molecule has 1 heterocycles. The second kappa shape index (κ2) is 9.12. The van der Waals surface area contributed by atoms with Gasteiger partial charge in [-0.2, -0.15) is 0 Å². The predicted molar refractivity (Wildman–Crippen MR) is 138 cm³/mol. The molecule has 0 radical (unpaired) electrons. The Morgan fingerprint density at radius 2 is 1.54 bits per heavy atom. The van der Waals surface area contributed by atoms with Gasteiger partial charge in [0.15, 0.2) is 5.60 Å². The number of nitrogens with one attached hydrogen (secondary N) is 1. The van der Waals surface area contributed by atoms with Crippen LogP contribution in [-0.4, -0.2) is 16.2 Å². The van der Waals surface area contributed by atoms with E-state index in [0.717, 1.165) is 16.7 Å². The Morgan fingerprint density at radius 1 is 0.914 bits per heavy atom. The number of benzene rings is 3. The van der Waals surface area contributed by atoms with E-state index in [4.69, 9.17) is 4.52 Å². The van der Waals surface area contributed by atoms with Crippen LogP contribution in [0.3, 0.4) is 0 Å². The van der Waals surface area contributed by atoms with Crippen LogP contribution in [0.1, 0.15) is 48.7 Å². The summed E-state index contributed by atoms with van der Waals surface area (Å²) in [4.78, 5) is 25.6. The molecule has 1 unspecified atom stereocenters. The van der Waals surface area contributed by atoms with Gasteiger partial charge in [0, 0.05) is 17.5 Å². The van der Waals surface area contributed by atoms with E-state index >= 15 is 0 Å². The van der Waals surface area contributed by atoms with Crippen molar-refractivity contribution in [3.05, 3.63) is 105 Å². The molecule has 4 rings (SSSR count). The SMILES string of the molecule is Cc1ccc(CC(O)(C(=O)Nc2ccc3c(=O)onc(C)c3c2)c2ccc(C(C)(C)C)cc2)cc1. The largest absolute Gasteiger partial charge is 0.375 e. The molecule has 0 bridgehead atoms. The Hall–Kier alpha value is -3.77. The maximum absolute atomic E-state index is 13.6. The number of amides is 1. The van der Waals surface area contributed by atoms with Crippen molar-refractivity contribution < 1.29 is 14.4 Å². The van der Waals surface area contributed by atoms with Gasteiger partial charge in [0.2, 0.25) is 0 Å². The van der Waals surface area contributed by atoms with E-state index in [1.54, 1.807) is 25.1 Å². The van der Waals surface area contributed by atoms with E-state index in [2.05, 4.69) is 31.2 Å². The van der Waals surface area contributed by atoms with Crippen LogP contribution in [0.2, 0.25) is 0 Å². The van der Waals surface area contributed by atoms with Gasteiger partial charge in [-0.25, -0.2) is 4.79 Å². The average molecular weight is 471 g/mol. The van der Waals surface area contributed by atoms with Crippen molar-refractivity contribution in [2.45, 2.75) is 52.1 Å². The maximum atomic E-state index is 13.6. The fraction of sp³-hybridized carbons (Fsp3) is 0.276. The first-order valence-electron chi connectivity index (χ1n) is 11.6. The summed E-state index contributed by atoms with van der Waals surface area (Å²) < 4.78 is 4.78. The number of nitrogens with zero attached hydrogens (tertiary/aromatic N) is 1. The minimum Gasteiger partial charge on any atom is -0.375 e. The van der Waals surface area contributed by atoms with Gasteiger partial charge in [-0.3, -0.25) is 4.79 Å². The number of hydrogen-bond donors (Lipinski definition) is 2. The first-order valence-corrected chi connectivity index (χ1v) is 11.6. The minimum atomic E-state index is -1.82. The Kier molecular flexibility index (Phi) is 6.34. The molecule has 6 heteroatoms. The van der Waals surface area contributed by atoms with Crippen LogP contribution in [0.5, 0.6) is 0 Å². The van der Waals surface area contributed by atoms with Crippen molar-refractivity contribution in [3.8, 4) is 0 Å². The minimum absolute atomic E-state index is 0.0560. The molecule has 35 heavy (non-hydrogen) atoms. The number of aromatic nitrogens is 1. The highest BCUT2D eigenvalue weighted by atomic mass is 16.5. The zero-order valence-electron chi connectivity index (χ0n) is 20.7. The Morgan fingerprint density at radius 3 is 2.17 bits per heavy atom. The number of anilines is 1. The van der Waals surface area contributed by atoms with E-state index in [1.807, 2.05) is 55.5 Å². The number of carbonyl (C=O) groups is 1. The summed E-state index contributed by atoms with van der Waals surface area (Å²) in [5.74, 6) is -0.561. The summed E-state index contributed by atoms with van der Waals surface area (Å²) in [6.45, 7) is 10.1. The van der Waals surface area contributed by atoms with Crippen LogP contribution in [0.4, 0.5) is 5.69 Å². The van der Waals surface area contributed by atoms with Gasteiger partial charge in [0.1, 0.15) is 0 Å². The number of aryl methyl sites for hydroxylation is 2. The molecule has 0 saturated heterocycles. The van der Waals surface area contributed by atoms with Crippen LogP contribution in [0.15, 0.2) is 76.0 Å². The van der Waals surface area contributed by atoms with Crippen molar-refractivity contribution in [3.63, 3.8) is 0 Å². The topological polar surface area (TPSA) is 92.4 Å². The first-order chi connectivity index (χ1) is 16.5. The lowest BCUT2D eigenvalue weighted by Gasteiger charge is -2.29. The average Bonchev–Trinajstić information content (AvgIpc) is 2.82. The molecule has 4 aromatic rings. The van der Waals surface area contributed by atoms with Crippen molar-refractivity contribution >= 4 is 22.4 Å². The Labute approximate surface area is 204 Å². The van der Waals surface area contributed by atoms with Gasteiger partial charge in [0.25, 0.3) is 5.91 Å². The highest BCUT2D eigenvalue weighted by Crippen LogP contribution is 2.31. The highest BCUT2D eigenvalue weighted by molar-refractivity contribution is 6.00. The molecule has 3 aromatic carbocycles. The van der Waals surface area contributed by atoms with Crippen molar-refractivity contribution in [2.75, 3.05) is 5.32 Å². The fourth-order valence-corrected chi connectivity index (χ4v) is 4.10. The molecule has 6 nitrogen and oxygen atoms in total. The molecular formula is C29H30N2O4. The standard InChI is InChI=1S/C29H30N2O4/c1-18-6-8-20(9-7-18)17-29(34,22-12-10-21(11-13-22)28(3,4)5)27(33)30-23-14-15-24-25(16-23)19(2)31-35-26(24)32/h6-16,34H,17H2,1-5H3,(H,30,33). The second-order valence-corrected chi connectivity index (χ2v) is 10.1. The molecule has 0 spiro atoms. The Bertz CT molecular complexity index is 1430. The zero-order chi connectivity index (χ0) is 25.4. The number of rotatable bonds is 5. The summed E-state index contributed by atoms with van der Waals surface area (Å²) in [6.07, 6.45) is 0.103. The second-order valence-electron chi connectivity index (χ2n) is 10.1. The van der Waals surface area contributed by atoms with Gasteiger partial charge in [0.05, 0.1) is 11.1 Å². The van der Waals surface area contributed by atoms with Gasteiger partial charge < -0.3 is 14.9 Å². The Balaban J connectivity index is 1.73. The van der Waals surface area contributed by atoms with Crippen LogP contribution < -0.4 is 10.9 Å². The summed E-state index contributed by atoms with van der Waals surface area (Å²) in [5, 5.41) is 19.4. The molecule has 0 aliphatic rings. The summed E-state index contributed by atoms with van der Waals surface area (Å²) in [5.41, 5.74) is 2.11. The zero-order valence-corrected chi connectivity index (χ0v) is 20.7. The van der Waals surface area contributed by atoms with Gasteiger partial charge in [-0.15, -0.1) is 0 Å². The summed E-state index contributed by atoms with van der Waals surface area (Å²) >= 11 is 0. The third-order valence-electron chi connectivity index (χ3n) is 6.34. The van der Waals surface area contributed by atoms with Gasteiger partial charge in [-0.1, -0.05) is 80.0 Å². The fourth-order valence-electron chi connectivity index (χ4n) is 4.10. The van der Waals surface area contributed by atoms with Crippen LogP contribution in [0.25, 0.3) is 10.8 Å². The van der Waals surface area contributed by atoms with E-state index in [9.17, 15) is 14.7 Å². The number of fused-ring (bicyclic) bond motifs is 1. The van der Waals surface area contributed by atoms with Gasteiger partial charge in [-0.05, 0) is 54.2 Å². The number of aliphatic hydroxyl groups is 1. The van der Waals surface area contributed by atoms with E-state index in [0.29, 0.717) is 27.7 Å². The number of hydrogen-bond acceptors (Lipinski definition) is 5. The monoisotopic (exact) mass is 470 g/mol. The summed E-state index contributed by atoms with van der Waals surface area (Å²) in [7, 11) is 0. The first kappa shape index (κ1) is 24.4.